The van der Waals surface area contributed by atoms with Crippen molar-refractivity contribution in [2.75, 3.05) is 11.5 Å². The lowest BCUT2D eigenvalue weighted by atomic mass is 10.0. The molecule has 5 N–H and O–H groups in total. The maximum absolute atomic E-state index is 13.1. The van der Waals surface area contributed by atoms with E-state index in [4.69, 9.17) is 10.6 Å². The molecule has 176 valence electrons. The Bertz CT molecular complexity index is 1090. The number of thiazole rings is 1. The molecule has 0 aromatic carbocycles. The van der Waals surface area contributed by atoms with Crippen LogP contribution in [0.15, 0.2) is 21.8 Å². The van der Waals surface area contributed by atoms with Gasteiger partial charge in [0.05, 0.1) is 0 Å². The molecular weight excluding hydrogens is 474 g/mol. The Kier molecular flexibility index (Phi) is 6.05. The van der Waals surface area contributed by atoms with E-state index in [1.54, 1.807) is 6.92 Å². The number of hydrogen-bond donors (Lipinski definition) is 4. The monoisotopic (exact) mass is 495 g/mol. The smallest absolute Gasteiger partial charge is 0.352 e. The predicted octanol–water partition coefficient (Wildman–Crippen LogP) is 0.602. The molecular formula is C19H21N5O7S2. The lowest BCUT2D eigenvalue weighted by molar-refractivity contribution is -0.165. The average Bonchev–Trinajstić information content (AvgIpc) is 3.42. The number of carboxylic acids is 2. The van der Waals surface area contributed by atoms with Crippen molar-refractivity contribution in [3.05, 3.63) is 22.3 Å². The Morgan fingerprint density at radius 3 is 2.61 bits per heavy atom. The summed E-state index contributed by atoms with van der Waals surface area (Å²) in [7, 11) is 0. The van der Waals surface area contributed by atoms with Crippen molar-refractivity contribution in [1.82, 2.24) is 15.2 Å². The highest BCUT2D eigenvalue weighted by molar-refractivity contribution is 8.00. The number of carboxylic acid groups (broad SMARTS) is 2. The molecule has 1 saturated heterocycles. The maximum atomic E-state index is 13.1. The van der Waals surface area contributed by atoms with Gasteiger partial charge in [-0.15, -0.1) is 23.1 Å². The summed E-state index contributed by atoms with van der Waals surface area (Å²) in [5.74, 6) is -3.35. The summed E-state index contributed by atoms with van der Waals surface area (Å²) in [6.07, 6.45) is 1.80. The van der Waals surface area contributed by atoms with Crippen LogP contribution in [0.2, 0.25) is 0 Å². The second-order valence-electron chi connectivity index (χ2n) is 7.90. The van der Waals surface area contributed by atoms with E-state index in [0.717, 1.165) is 16.2 Å². The predicted molar refractivity (Wildman–Crippen MR) is 118 cm³/mol. The largest absolute Gasteiger partial charge is 0.478 e. The van der Waals surface area contributed by atoms with Gasteiger partial charge >= 0.3 is 11.9 Å². The van der Waals surface area contributed by atoms with Crippen LogP contribution in [-0.2, 0) is 24.0 Å². The number of nitrogens with one attached hydrogen (secondary N) is 1. The number of amides is 2. The molecule has 1 aromatic heterocycles. The normalized spacial score (nSPS) is 24.2. The van der Waals surface area contributed by atoms with Gasteiger partial charge in [0.1, 0.15) is 22.8 Å². The van der Waals surface area contributed by atoms with Crippen LogP contribution in [0.1, 0.15) is 38.3 Å². The Morgan fingerprint density at radius 2 is 2.03 bits per heavy atom. The number of nitrogens with two attached hydrogens (primary N) is 1. The number of carbonyl (C=O) groups excluding carboxylic acids is 2. The zero-order valence-electron chi connectivity index (χ0n) is 17.4. The highest BCUT2D eigenvalue weighted by Gasteiger charge is 2.54. The summed E-state index contributed by atoms with van der Waals surface area (Å²) in [6.45, 7) is 1.64. The Balaban J connectivity index is 1.57. The fourth-order valence-electron chi connectivity index (χ4n) is 4.01. The lowest BCUT2D eigenvalue weighted by Crippen LogP contribution is -2.71. The quantitative estimate of drug-likeness (QED) is 0.237. The van der Waals surface area contributed by atoms with Gasteiger partial charge in [0.25, 0.3) is 11.8 Å². The van der Waals surface area contributed by atoms with Gasteiger partial charge in [-0.1, -0.05) is 5.16 Å². The number of nitrogens with zero attached hydrogens (tertiary/aromatic N) is 3. The van der Waals surface area contributed by atoms with Crippen LogP contribution in [0.25, 0.3) is 0 Å². The van der Waals surface area contributed by atoms with Crippen LogP contribution in [0.3, 0.4) is 0 Å². The van der Waals surface area contributed by atoms with Crippen molar-refractivity contribution in [3.8, 4) is 0 Å². The first-order valence-electron chi connectivity index (χ1n) is 10.0. The van der Waals surface area contributed by atoms with E-state index in [9.17, 15) is 29.4 Å². The summed E-state index contributed by atoms with van der Waals surface area (Å²) in [4.78, 5) is 59.7. The van der Waals surface area contributed by atoms with Crippen molar-refractivity contribution in [1.29, 1.82) is 0 Å². The summed E-state index contributed by atoms with van der Waals surface area (Å²) in [5.41, 5.74) is 4.39. The van der Waals surface area contributed by atoms with Gasteiger partial charge in [-0.05, 0) is 25.3 Å². The maximum Gasteiger partial charge on any atom is 0.352 e. The minimum absolute atomic E-state index is 0.0791. The first-order chi connectivity index (χ1) is 15.6. The minimum atomic E-state index is -1.53. The molecule has 33 heavy (non-hydrogen) atoms. The number of hydrogen-bond acceptors (Lipinski definition) is 10. The van der Waals surface area contributed by atoms with Gasteiger partial charge in [0.2, 0.25) is 5.60 Å². The highest BCUT2D eigenvalue weighted by Crippen LogP contribution is 2.40. The van der Waals surface area contributed by atoms with Crippen molar-refractivity contribution in [2.24, 2.45) is 5.16 Å². The molecule has 2 amide bonds. The summed E-state index contributed by atoms with van der Waals surface area (Å²) >= 11 is 2.39. The first kappa shape index (κ1) is 23.0. The van der Waals surface area contributed by atoms with Gasteiger partial charge in [0, 0.05) is 24.0 Å². The Morgan fingerprint density at radius 1 is 1.33 bits per heavy atom. The molecule has 12 nitrogen and oxygen atoms in total. The minimum Gasteiger partial charge on any atom is -0.478 e. The zero-order valence-corrected chi connectivity index (χ0v) is 19.1. The number of anilines is 1. The number of carbonyl (C=O) groups is 4. The number of aliphatic carboxylic acids is 2. The summed E-state index contributed by atoms with van der Waals surface area (Å²) < 4.78 is 0. The van der Waals surface area contributed by atoms with E-state index in [0.29, 0.717) is 24.2 Å². The van der Waals surface area contributed by atoms with Gasteiger partial charge < -0.3 is 26.1 Å². The van der Waals surface area contributed by atoms with Crippen LogP contribution in [0.4, 0.5) is 5.13 Å². The average molecular weight is 496 g/mol. The van der Waals surface area contributed by atoms with Crippen molar-refractivity contribution >= 4 is 57.7 Å². The molecule has 2 atom stereocenters. The fourth-order valence-corrected chi connectivity index (χ4v) is 5.85. The molecule has 1 aromatic rings. The van der Waals surface area contributed by atoms with E-state index >= 15 is 0 Å². The summed E-state index contributed by atoms with van der Waals surface area (Å²) in [5, 5.41) is 26.5. The van der Waals surface area contributed by atoms with Gasteiger partial charge in [-0.2, -0.15) is 0 Å². The van der Waals surface area contributed by atoms with Crippen LogP contribution in [0, 0.1) is 0 Å². The molecule has 0 bridgehead atoms. The number of β-lactam (4-membered cyclic amide) rings is 1. The van der Waals surface area contributed by atoms with Gasteiger partial charge in [-0.25, -0.2) is 14.6 Å². The zero-order chi connectivity index (χ0) is 23.9. The second kappa shape index (κ2) is 8.67. The van der Waals surface area contributed by atoms with E-state index in [2.05, 4.69) is 15.5 Å². The molecule has 1 saturated carbocycles. The molecule has 1 aliphatic carbocycles. The molecule has 3 heterocycles. The third-order valence-corrected chi connectivity index (χ3v) is 7.84. The van der Waals surface area contributed by atoms with Crippen molar-refractivity contribution in [3.63, 3.8) is 0 Å². The first-order valence-corrected chi connectivity index (χ1v) is 12.0. The molecule has 3 aliphatic rings. The number of nitrogen functional groups attached to an aromatic ring is 1. The van der Waals surface area contributed by atoms with Crippen molar-refractivity contribution in [2.45, 2.75) is 49.6 Å². The van der Waals surface area contributed by atoms with E-state index in [-0.39, 0.29) is 35.1 Å². The van der Waals surface area contributed by atoms with Crippen molar-refractivity contribution < 1.29 is 34.2 Å². The Labute approximate surface area is 195 Å². The molecule has 0 unspecified atom stereocenters. The highest BCUT2D eigenvalue weighted by atomic mass is 32.2. The standard InChI is InChI=1S/C19H21N5O7S2/c1-8-6-32-15-11(14(26)24(15)12(8)16(27)28)22-13(25)10(9-7-33-18(20)21-9)23-31-19(17(29)30)4-2-3-5-19/h7,11,15H,2-6H2,1H3,(H2,20,21)(H,22,25)(H,27,28)(H,29,30)/b23-10-/t11-,15-/m1/s1. The molecule has 2 aliphatic heterocycles. The van der Waals surface area contributed by atoms with E-state index in [1.807, 2.05) is 0 Å². The number of thioether (sulfide) groups is 1. The lowest BCUT2D eigenvalue weighted by Gasteiger charge is -2.49. The molecule has 2 fully saturated rings. The summed E-state index contributed by atoms with van der Waals surface area (Å²) in [6, 6.07) is -0.981. The molecule has 0 radical (unpaired) electrons. The third-order valence-electron chi connectivity index (χ3n) is 5.74. The van der Waals surface area contributed by atoms with Crippen LogP contribution < -0.4 is 11.1 Å². The molecule has 14 heteroatoms. The Hall–Kier alpha value is -3.13. The van der Waals surface area contributed by atoms with E-state index < -0.39 is 40.8 Å². The van der Waals surface area contributed by atoms with Crippen LogP contribution in [0.5, 0.6) is 0 Å². The number of oxime groups is 1. The van der Waals surface area contributed by atoms with E-state index in [1.165, 1.54) is 17.1 Å². The third kappa shape index (κ3) is 4.04. The number of fused-ring (bicyclic) bond motifs is 1. The topological polar surface area (TPSA) is 185 Å². The fraction of sp³-hybridized carbons (Fsp3) is 0.474. The number of rotatable bonds is 7. The van der Waals surface area contributed by atoms with Gasteiger partial charge in [-0.3, -0.25) is 14.5 Å². The second-order valence-corrected chi connectivity index (χ2v) is 9.90. The van der Waals surface area contributed by atoms with Crippen LogP contribution >= 0.6 is 23.1 Å². The van der Waals surface area contributed by atoms with Crippen LogP contribution in [-0.4, -0.2) is 72.3 Å². The molecule has 4 rings (SSSR count). The molecule has 0 spiro atoms. The number of aromatic nitrogens is 1. The van der Waals surface area contributed by atoms with Gasteiger partial charge in [0.15, 0.2) is 10.8 Å². The SMILES string of the molecule is CC1=C(C(=O)O)N2C(=O)[C@@H](NC(=O)/C(=N\OC3(C(=O)O)CCCC3)c3csc(N)n3)[C@H]2SC1.